The normalized spacial score (nSPS) is 22.6. The van der Waals surface area contributed by atoms with Crippen molar-refractivity contribution in [2.75, 3.05) is 39.3 Å². The molecule has 0 spiro atoms. The van der Waals surface area contributed by atoms with E-state index in [9.17, 15) is 4.79 Å². The zero-order valence-electron chi connectivity index (χ0n) is 15.1. The quantitative estimate of drug-likeness (QED) is 0.791. The maximum Gasteiger partial charge on any atom is 0.220 e. The van der Waals surface area contributed by atoms with Crippen LogP contribution in [0.2, 0.25) is 0 Å². The first kappa shape index (κ1) is 18.4. The summed E-state index contributed by atoms with van der Waals surface area (Å²) < 4.78 is 5.83. The molecule has 2 fully saturated rings. The highest BCUT2D eigenvalue weighted by molar-refractivity contribution is 5.75. The van der Waals surface area contributed by atoms with Gasteiger partial charge in [-0.3, -0.25) is 9.69 Å². The number of ether oxygens (including phenoxy) is 1. The van der Waals surface area contributed by atoms with Crippen LogP contribution in [0, 0.1) is 5.92 Å². The van der Waals surface area contributed by atoms with Crippen molar-refractivity contribution in [3.05, 3.63) is 35.9 Å². The maximum atomic E-state index is 12.1. The fourth-order valence-corrected chi connectivity index (χ4v) is 3.71. The Kier molecular flexibility index (Phi) is 7.27. The zero-order valence-corrected chi connectivity index (χ0v) is 15.1. The first-order valence-electron chi connectivity index (χ1n) is 9.65. The van der Waals surface area contributed by atoms with Crippen LogP contribution >= 0.6 is 0 Å². The lowest BCUT2D eigenvalue weighted by Crippen LogP contribution is -2.47. The van der Waals surface area contributed by atoms with Gasteiger partial charge in [-0.1, -0.05) is 30.3 Å². The average Bonchev–Trinajstić information content (AvgIpc) is 2.67. The van der Waals surface area contributed by atoms with Crippen LogP contribution in [0.15, 0.2) is 30.3 Å². The Hall–Kier alpha value is -1.43. The molecule has 2 heterocycles. The van der Waals surface area contributed by atoms with E-state index >= 15 is 0 Å². The lowest BCUT2D eigenvalue weighted by atomic mass is 9.93. The van der Waals surface area contributed by atoms with Crippen LogP contribution in [-0.2, 0) is 16.1 Å². The molecule has 5 heteroatoms. The largest absolute Gasteiger partial charge is 0.374 e. The predicted octanol–water partition coefficient (Wildman–Crippen LogP) is 1.78. The second-order valence-corrected chi connectivity index (χ2v) is 7.25. The van der Waals surface area contributed by atoms with E-state index < -0.39 is 0 Å². The zero-order chi connectivity index (χ0) is 17.3. The molecule has 0 radical (unpaired) electrons. The fourth-order valence-electron chi connectivity index (χ4n) is 3.71. The first-order chi connectivity index (χ1) is 12.3. The van der Waals surface area contributed by atoms with E-state index in [4.69, 9.17) is 4.74 Å². The van der Waals surface area contributed by atoms with Crippen molar-refractivity contribution in [2.24, 2.45) is 5.92 Å². The smallest absolute Gasteiger partial charge is 0.220 e. The summed E-state index contributed by atoms with van der Waals surface area (Å²) in [6, 6.07) is 10.5. The Labute approximate surface area is 151 Å². The summed E-state index contributed by atoms with van der Waals surface area (Å²) in [4.78, 5) is 14.5. The highest BCUT2D eigenvalue weighted by Gasteiger charge is 2.21. The molecule has 0 saturated carbocycles. The molecule has 1 aromatic carbocycles. The molecule has 0 bridgehead atoms. The Morgan fingerprint density at radius 3 is 2.84 bits per heavy atom. The molecule has 3 rings (SSSR count). The molecular weight excluding hydrogens is 314 g/mol. The Morgan fingerprint density at radius 2 is 2.04 bits per heavy atom. The number of carbonyl (C=O) groups is 1. The molecule has 0 aliphatic carbocycles. The van der Waals surface area contributed by atoms with E-state index in [1.165, 1.54) is 18.4 Å². The molecule has 1 amide bonds. The van der Waals surface area contributed by atoms with Gasteiger partial charge in [-0.25, -0.2) is 0 Å². The van der Waals surface area contributed by atoms with E-state index in [-0.39, 0.29) is 12.0 Å². The van der Waals surface area contributed by atoms with Gasteiger partial charge in [0.2, 0.25) is 5.91 Å². The molecular formula is C20H31N3O2. The van der Waals surface area contributed by atoms with Gasteiger partial charge < -0.3 is 15.4 Å². The van der Waals surface area contributed by atoms with Crippen LogP contribution in [0.3, 0.4) is 0 Å². The summed E-state index contributed by atoms with van der Waals surface area (Å²) in [5, 5.41) is 6.44. The molecule has 1 unspecified atom stereocenters. The number of benzene rings is 1. The highest BCUT2D eigenvalue weighted by atomic mass is 16.5. The monoisotopic (exact) mass is 345 g/mol. The van der Waals surface area contributed by atoms with Crippen molar-refractivity contribution in [2.45, 2.75) is 38.3 Å². The second-order valence-electron chi connectivity index (χ2n) is 7.25. The summed E-state index contributed by atoms with van der Waals surface area (Å²) in [5.74, 6) is 0.876. The second kappa shape index (κ2) is 9.90. The van der Waals surface area contributed by atoms with Crippen LogP contribution in [-0.4, -0.2) is 56.2 Å². The van der Waals surface area contributed by atoms with Crippen LogP contribution < -0.4 is 10.6 Å². The molecule has 0 aromatic heterocycles. The molecule has 25 heavy (non-hydrogen) atoms. The van der Waals surface area contributed by atoms with E-state index in [1.807, 2.05) is 6.07 Å². The number of morpholine rings is 1. The summed E-state index contributed by atoms with van der Waals surface area (Å²) in [6.45, 7) is 6.33. The van der Waals surface area contributed by atoms with E-state index in [2.05, 4.69) is 39.8 Å². The lowest BCUT2D eigenvalue weighted by molar-refractivity contribution is -0.122. The summed E-state index contributed by atoms with van der Waals surface area (Å²) in [5.41, 5.74) is 1.33. The van der Waals surface area contributed by atoms with E-state index in [1.54, 1.807) is 0 Å². The highest BCUT2D eigenvalue weighted by Crippen LogP contribution is 2.17. The number of nitrogens with zero attached hydrogens (tertiary/aromatic N) is 1. The van der Waals surface area contributed by atoms with Crippen molar-refractivity contribution < 1.29 is 9.53 Å². The lowest BCUT2D eigenvalue weighted by Gasteiger charge is -2.33. The Morgan fingerprint density at radius 1 is 1.24 bits per heavy atom. The van der Waals surface area contributed by atoms with Gasteiger partial charge in [-0.05, 0) is 43.8 Å². The van der Waals surface area contributed by atoms with Crippen LogP contribution in [0.1, 0.15) is 31.2 Å². The summed E-state index contributed by atoms with van der Waals surface area (Å²) >= 11 is 0. The molecule has 2 aliphatic heterocycles. The number of hydrogen-bond donors (Lipinski definition) is 2. The van der Waals surface area contributed by atoms with Crippen LogP contribution in [0.25, 0.3) is 0 Å². The van der Waals surface area contributed by atoms with Crippen molar-refractivity contribution in [1.29, 1.82) is 0 Å². The molecule has 1 aromatic rings. The van der Waals surface area contributed by atoms with Crippen LogP contribution in [0.5, 0.6) is 0 Å². The number of amides is 1. The minimum atomic E-state index is 0.0975. The standard InChI is InChI=1S/C20H31N3O2/c24-20(7-6-17-8-10-21-11-9-17)22-14-19-16-23(12-13-25-19)15-18-4-2-1-3-5-18/h1-5,17,19,21H,6-16H2,(H,22,24). The van der Waals surface area contributed by atoms with E-state index in [0.717, 1.165) is 45.8 Å². The third-order valence-electron chi connectivity index (χ3n) is 5.24. The third kappa shape index (κ3) is 6.42. The minimum absolute atomic E-state index is 0.0975. The molecule has 1 atom stereocenters. The van der Waals surface area contributed by atoms with Crippen molar-refractivity contribution in [3.8, 4) is 0 Å². The Bertz CT molecular complexity index is 517. The average molecular weight is 345 g/mol. The van der Waals surface area contributed by atoms with E-state index in [0.29, 0.717) is 18.9 Å². The molecule has 2 saturated heterocycles. The van der Waals surface area contributed by atoms with Crippen LogP contribution in [0.4, 0.5) is 0 Å². The van der Waals surface area contributed by atoms with Gasteiger partial charge in [0.1, 0.15) is 0 Å². The summed E-state index contributed by atoms with van der Waals surface area (Å²) in [6.07, 6.45) is 4.16. The van der Waals surface area contributed by atoms with Gasteiger partial charge in [-0.2, -0.15) is 0 Å². The third-order valence-corrected chi connectivity index (χ3v) is 5.24. The van der Waals surface area contributed by atoms with Gasteiger partial charge in [0.05, 0.1) is 12.7 Å². The fraction of sp³-hybridized carbons (Fsp3) is 0.650. The Balaban J connectivity index is 1.34. The van der Waals surface area contributed by atoms with Gasteiger partial charge in [0.15, 0.2) is 0 Å². The van der Waals surface area contributed by atoms with Gasteiger partial charge in [0.25, 0.3) is 0 Å². The topological polar surface area (TPSA) is 53.6 Å². The molecule has 138 valence electrons. The molecule has 2 N–H and O–H groups in total. The van der Waals surface area contributed by atoms with Crippen molar-refractivity contribution >= 4 is 5.91 Å². The number of rotatable bonds is 7. The van der Waals surface area contributed by atoms with Gasteiger partial charge in [-0.15, -0.1) is 0 Å². The number of hydrogen-bond acceptors (Lipinski definition) is 4. The number of carbonyl (C=O) groups excluding carboxylic acids is 1. The molecule has 5 nitrogen and oxygen atoms in total. The number of piperidine rings is 1. The van der Waals surface area contributed by atoms with Gasteiger partial charge >= 0.3 is 0 Å². The van der Waals surface area contributed by atoms with Crippen molar-refractivity contribution in [1.82, 2.24) is 15.5 Å². The van der Waals surface area contributed by atoms with Gasteiger partial charge in [0, 0.05) is 32.6 Å². The van der Waals surface area contributed by atoms with Crippen molar-refractivity contribution in [3.63, 3.8) is 0 Å². The summed E-state index contributed by atoms with van der Waals surface area (Å²) in [7, 11) is 0. The molecule has 2 aliphatic rings. The first-order valence-corrected chi connectivity index (χ1v) is 9.65. The predicted molar refractivity (Wildman–Crippen MR) is 99.3 cm³/mol. The SMILES string of the molecule is O=C(CCC1CCNCC1)NCC1CN(Cc2ccccc2)CCO1. The minimum Gasteiger partial charge on any atom is -0.374 e. The maximum absolute atomic E-state index is 12.1. The number of nitrogens with one attached hydrogen (secondary N) is 2.